The zero-order valence-corrected chi connectivity index (χ0v) is 14.4. The van der Waals surface area contributed by atoms with E-state index in [1.165, 1.54) is 6.33 Å². The molecule has 9 nitrogen and oxygen atoms in total. The second kappa shape index (κ2) is 8.11. The molecule has 0 N–H and O–H groups in total. The molecular weight excluding hydrogens is 326 g/mol. The van der Waals surface area contributed by atoms with Gasteiger partial charge in [0, 0.05) is 45.3 Å². The van der Waals surface area contributed by atoms with Gasteiger partial charge in [-0.05, 0) is 6.92 Å². The summed E-state index contributed by atoms with van der Waals surface area (Å²) in [5.41, 5.74) is 0.389. The van der Waals surface area contributed by atoms with Gasteiger partial charge in [-0.3, -0.25) is 4.79 Å². The first-order valence-electron chi connectivity index (χ1n) is 8.54. The fraction of sp³-hybridized carbons (Fsp3) is 0.625. The Kier molecular flexibility index (Phi) is 5.64. The predicted octanol–water partition coefficient (Wildman–Crippen LogP) is 0.228. The number of ether oxygens (including phenoxy) is 2. The minimum absolute atomic E-state index is 0.0999. The van der Waals surface area contributed by atoms with Gasteiger partial charge < -0.3 is 24.2 Å². The third-order valence-electron chi connectivity index (χ3n) is 4.30. The van der Waals surface area contributed by atoms with Crippen LogP contribution in [-0.4, -0.2) is 90.9 Å². The van der Waals surface area contributed by atoms with Gasteiger partial charge in [0.25, 0.3) is 5.91 Å². The minimum Gasteiger partial charge on any atom is -0.450 e. The lowest BCUT2D eigenvalue weighted by atomic mass is 10.2. The molecule has 3 heterocycles. The number of carbonyl (C=O) groups excluding carboxylic acids is 2. The first-order chi connectivity index (χ1) is 12.2. The van der Waals surface area contributed by atoms with E-state index in [1.54, 1.807) is 22.8 Å². The van der Waals surface area contributed by atoms with Crippen LogP contribution in [-0.2, 0) is 9.47 Å². The average Bonchev–Trinajstić information content (AvgIpc) is 2.68. The van der Waals surface area contributed by atoms with Gasteiger partial charge >= 0.3 is 6.09 Å². The van der Waals surface area contributed by atoms with Crippen LogP contribution in [0.3, 0.4) is 0 Å². The number of amides is 2. The Morgan fingerprint density at radius 2 is 1.80 bits per heavy atom. The second-order valence-electron chi connectivity index (χ2n) is 5.84. The highest BCUT2D eigenvalue weighted by Crippen LogP contribution is 2.16. The fourth-order valence-electron chi connectivity index (χ4n) is 2.90. The summed E-state index contributed by atoms with van der Waals surface area (Å²) in [5, 5.41) is 0. The Bertz CT molecular complexity index is 612. The van der Waals surface area contributed by atoms with E-state index in [4.69, 9.17) is 9.47 Å². The highest BCUT2D eigenvalue weighted by Gasteiger charge is 2.24. The van der Waals surface area contributed by atoms with Gasteiger partial charge in [0.15, 0.2) is 0 Å². The lowest BCUT2D eigenvalue weighted by Gasteiger charge is -2.34. The van der Waals surface area contributed by atoms with Gasteiger partial charge in [0.05, 0.1) is 19.8 Å². The number of hydrogen-bond acceptors (Lipinski definition) is 7. The number of aromatic nitrogens is 2. The van der Waals surface area contributed by atoms with Crippen LogP contribution in [0.2, 0.25) is 0 Å². The third kappa shape index (κ3) is 4.16. The molecule has 0 aromatic carbocycles. The molecule has 1 aromatic heterocycles. The highest BCUT2D eigenvalue weighted by molar-refractivity contribution is 5.93. The number of anilines is 1. The number of piperazine rings is 1. The van der Waals surface area contributed by atoms with Crippen molar-refractivity contribution < 1.29 is 19.1 Å². The summed E-state index contributed by atoms with van der Waals surface area (Å²) in [6.45, 7) is 6.85. The number of hydrogen-bond donors (Lipinski definition) is 0. The number of nitrogens with zero attached hydrogens (tertiary/aromatic N) is 5. The van der Waals surface area contributed by atoms with E-state index in [0.717, 1.165) is 0 Å². The Morgan fingerprint density at radius 3 is 2.48 bits per heavy atom. The smallest absolute Gasteiger partial charge is 0.409 e. The highest BCUT2D eigenvalue weighted by atomic mass is 16.6. The summed E-state index contributed by atoms with van der Waals surface area (Å²) < 4.78 is 10.3. The van der Waals surface area contributed by atoms with E-state index in [-0.39, 0.29) is 12.0 Å². The van der Waals surface area contributed by atoms with Crippen molar-refractivity contribution in [3.05, 3.63) is 18.1 Å². The molecule has 2 aliphatic heterocycles. The molecule has 0 aliphatic carbocycles. The van der Waals surface area contributed by atoms with Crippen molar-refractivity contribution in [3.63, 3.8) is 0 Å². The van der Waals surface area contributed by atoms with E-state index < -0.39 is 0 Å². The SMILES string of the molecule is CCOC(=O)N1CCN(c2cc(C(=O)N3CCOCC3)ncn2)CC1. The molecule has 3 rings (SSSR count). The number of rotatable bonds is 3. The van der Waals surface area contributed by atoms with Crippen LogP contribution < -0.4 is 4.90 Å². The molecule has 0 unspecified atom stereocenters. The van der Waals surface area contributed by atoms with Crippen molar-refractivity contribution in [2.24, 2.45) is 0 Å². The molecule has 0 atom stereocenters. The van der Waals surface area contributed by atoms with Gasteiger partial charge in [-0.1, -0.05) is 0 Å². The van der Waals surface area contributed by atoms with E-state index in [0.29, 0.717) is 70.6 Å². The van der Waals surface area contributed by atoms with E-state index in [1.807, 2.05) is 4.90 Å². The number of morpholine rings is 1. The largest absolute Gasteiger partial charge is 0.450 e. The van der Waals surface area contributed by atoms with Crippen LogP contribution in [0.15, 0.2) is 12.4 Å². The molecule has 9 heteroatoms. The summed E-state index contributed by atoms with van der Waals surface area (Å²) in [4.78, 5) is 38.2. The number of carbonyl (C=O) groups is 2. The summed E-state index contributed by atoms with van der Waals surface area (Å²) in [5.74, 6) is 0.604. The van der Waals surface area contributed by atoms with Gasteiger partial charge in [-0.15, -0.1) is 0 Å². The van der Waals surface area contributed by atoms with E-state index >= 15 is 0 Å². The Balaban J connectivity index is 1.62. The first-order valence-corrected chi connectivity index (χ1v) is 8.54. The summed E-state index contributed by atoms with van der Waals surface area (Å²) in [6, 6.07) is 1.72. The molecule has 0 spiro atoms. The normalized spacial score (nSPS) is 18.2. The summed E-state index contributed by atoms with van der Waals surface area (Å²) in [6.07, 6.45) is 1.13. The molecule has 0 radical (unpaired) electrons. The minimum atomic E-state index is -0.284. The van der Waals surface area contributed by atoms with Crippen LogP contribution in [0, 0.1) is 0 Å². The fourth-order valence-corrected chi connectivity index (χ4v) is 2.90. The maximum atomic E-state index is 12.5. The van der Waals surface area contributed by atoms with Crippen molar-refractivity contribution in [1.82, 2.24) is 19.8 Å². The van der Waals surface area contributed by atoms with E-state index in [9.17, 15) is 9.59 Å². The van der Waals surface area contributed by atoms with Crippen molar-refractivity contribution in [3.8, 4) is 0 Å². The summed E-state index contributed by atoms with van der Waals surface area (Å²) in [7, 11) is 0. The molecule has 2 amide bonds. The van der Waals surface area contributed by atoms with Crippen molar-refractivity contribution in [2.75, 3.05) is 64.0 Å². The van der Waals surface area contributed by atoms with Gasteiger partial charge in [0.2, 0.25) is 0 Å². The van der Waals surface area contributed by atoms with Crippen molar-refractivity contribution in [2.45, 2.75) is 6.92 Å². The van der Waals surface area contributed by atoms with E-state index in [2.05, 4.69) is 9.97 Å². The molecule has 2 saturated heterocycles. The van der Waals surface area contributed by atoms with Crippen LogP contribution in [0.5, 0.6) is 0 Å². The van der Waals surface area contributed by atoms with Crippen molar-refractivity contribution in [1.29, 1.82) is 0 Å². The van der Waals surface area contributed by atoms with Crippen LogP contribution in [0.1, 0.15) is 17.4 Å². The maximum absolute atomic E-state index is 12.5. The third-order valence-corrected chi connectivity index (χ3v) is 4.30. The topological polar surface area (TPSA) is 88.1 Å². The Hall–Kier alpha value is -2.42. The molecule has 0 bridgehead atoms. The average molecular weight is 349 g/mol. The molecule has 25 heavy (non-hydrogen) atoms. The standard InChI is InChI=1S/C16H23N5O4/c1-2-25-16(23)21-5-3-19(4-6-21)14-11-13(17-12-18-14)15(22)20-7-9-24-10-8-20/h11-12H,2-10H2,1H3. The molecule has 136 valence electrons. The Labute approximate surface area is 146 Å². The summed E-state index contributed by atoms with van der Waals surface area (Å²) >= 11 is 0. The quantitative estimate of drug-likeness (QED) is 0.772. The zero-order valence-electron chi connectivity index (χ0n) is 14.4. The molecular formula is C16H23N5O4. The molecule has 2 fully saturated rings. The Morgan fingerprint density at radius 1 is 1.08 bits per heavy atom. The van der Waals surface area contributed by atoms with Crippen LogP contribution in [0.4, 0.5) is 10.6 Å². The predicted molar refractivity (Wildman–Crippen MR) is 89.6 cm³/mol. The zero-order chi connectivity index (χ0) is 17.6. The van der Waals surface area contributed by atoms with Crippen LogP contribution >= 0.6 is 0 Å². The lowest BCUT2D eigenvalue weighted by Crippen LogP contribution is -2.49. The first kappa shape index (κ1) is 17.4. The maximum Gasteiger partial charge on any atom is 0.409 e. The lowest BCUT2D eigenvalue weighted by molar-refractivity contribution is 0.0299. The van der Waals surface area contributed by atoms with Crippen molar-refractivity contribution >= 4 is 17.8 Å². The molecule has 0 saturated carbocycles. The molecule has 2 aliphatic rings. The van der Waals surface area contributed by atoms with Gasteiger partial charge in [-0.2, -0.15) is 0 Å². The second-order valence-corrected chi connectivity index (χ2v) is 5.84. The monoisotopic (exact) mass is 349 g/mol. The van der Waals surface area contributed by atoms with Crippen LogP contribution in [0.25, 0.3) is 0 Å². The van der Waals surface area contributed by atoms with Gasteiger partial charge in [-0.25, -0.2) is 14.8 Å². The van der Waals surface area contributed by atoms with Gasteiger partial charge in [0.1, 0.15) is 17.8 Å². The molecule has 1 aromatic rings.